The first-order chi connectivity index (χ1) is 8.91. The summed E-state index contributed by atoms with van der Waals surface area (Å²) in [5, 5.41) is 11.5. The average molecular weight is 264 g/mol. The molecule has 3 unspecified atom stereocenters. The maximum atomic E-state index is 11.9. The number of hydrogen-bond acceptors (Lipinski definition) is 3. The smallest absolute Gasteiger partial charge is 0.308 e. The van der Waals surface area contributed by atoms with E-state index in [0.717, 1.165) is 5.56 Å². The van der Waals surface area contributed by atoms with Crippen molar-refractivity contribution >= 4 is 11.9 Å². The number of nitrogens with one attached hydrogen (secondary N) is 1. The SMILES string of the molecule is CC(NC(=O)C(N)Cc1ccccc1)C(C)C(=O)O. The van der Waals surface area contributed by atoms with Gasteiger partial charge in [0.25, 0.3) is 0 Å². The van der Waals surface area contributed by atoms with Gasteiger partial charge in [-0.2, -0.15) is 0 Å². The molecule has 0 spiro atoms. The number of benzene rings is 1. The zero-order valence-electron chi connectivity index (χ0n) is 11.2. The van der Waals surface area contributed by atoms with Gasteiger partial charge < -0.3 is 16.2 Å². The molecule has 0 aliphatic heterocycles. The zero-order valence-corrected chi connectivity index (χ0v) is 11.2. The van der Waals surface area contributed by atoms with Crippen LogP contribution in [0, 0.1) is 5.92 Å². The largest absolute Gasteiger partial charge is 0.481 e. The number of carbonyl (C=O) groups is 2. The zero-order chi connectivity index (χ0) is 14.4. The Morgan fingerprint density at radius 3 is 2.37 bits per heavy atom. The topological polar surface area (TPSA) is 92.4 Å². The minimum Gasteiger partial charge on any atom is -0.481 e. The molecule has 1 rings (SSSR count). The van der Waals surface area contributed by atoms with Gasteiger partial charge in [-0.1, -0.05) is 30.3 Å². The highest BCUT2D eigenvalue weighted by Crippen LogP contribution is 2.05. The second kappa shape index (κ2) is 6.89. The van der Waals surface area contributed by atoms with Crippen molar-refractivity contribution in [3.63, 3.8) is 0 Å². The monoisotopic (exact) mass is 264 g/mol. The molecule has 5 heteroatoms. The van der Waals surface area contributed by atoms with E-state index in [4.69, 9.17) is 10.8 Å². The molecule has 1 aromatic rings. The first-order valence-electron chi connectivity index (χ1n) is 6.24. The van der Waals surface area contributed by atoms with Gasteiger partial charge in [0, 0.05) is 6.04 Å². The second-order valence-electron chi connectivity index (χ2n) is 4.72. The molecule has 0 aliphatic carbocycles. The molecule has 0 heterocycles. The van der Waals surface area contributed by atoms with Gasteiger partial charge in [-0.25, -0.2) is 0 Å². The summed E-state index contributed by atoms with van der Waals surface area (Å²) in [6.45, 7) is 3.21. The van der Waals surface area contributed by atoms with E-state index >= 15 is 0 Å². The van der Waals surface area contributed by atoms with Gasteiger partial charge in [0.05, 0.1) is 12.0 Å². The third-order valence-electron chi connectivity index (χ3n) is 3.14. The van der Waals surface area contributed by atoms with Crippen molar-refractivity contribution < 1.29 is 14.7 Å². The van der Waals surface area contributed by atoms with Crippen molar-refractivity contribution in [2.75, 3.05) is 0 Å². The minimum atomic E-state index is -0.940. The second-order valence-corrected chi connectivity index (χ2v) is 4.72. The summed E-state index contributed by atoms with van der Waals surface area (Å²) in [6, 6.07) is 8.33. The lowest BCUT2D eigenvalue weighted by Crippen LogP contribution is -2.48. The van der Waals surface area contributed by atoms with Gasteiger partial charge in [0.2, 0.25) is 5.91 Å². The van der Waals surface area contributed by atoms with E-state index < -0.39 is 24.0 Å². The Bertz CT molecular complexity index is 434. The third kappa shape index (κ3) is 4.71. The molecule has 104 valence electrons. The van der Waals surface area contributed by atoms with Gasteiger partial charge in [-0.3, -0.25) is 9.59 Å². The number of rotatable bonds is 6. The van der Waals surface area contributed by atoms with Crippen LogP contribution in [-0.4, -0.2) is 29.1 Å². The molecule has 4 N–H and O–H groups in total. The van der Waals surface area contributed by atoms with Crippen LogP contribution in [0.25, 0.3) is 0 Å². The van der Waals surface area contributed by atoms with Crippen LogP contribution < -0.4 is 11.1 Å². The highest BCUT2D eigenvalue weighted by Gasteiger charge is 2.23. The molecule has 0 saturated carbocycles. The van der Waals surface area contributed by atoms with Gasteiger partial charge in [0.1, 0.15) is 0 Å². The van der Waals surface area contributed by atoms with Crippen molar-refractivity contribution in [1.29, 1.82) is 0 Å². The molecule has 1 amide bonds. The Morgan fingerprint density at radius 2 is 1.84 bits per heavy atom. The first kappa shape index (κ1) is 15.2. The predicted molar refractivity (Wildman–Crippen MR) is 72.5 cm³/mol. The first-order valence-corrected chi connectivity index (χ1v) is 6.24. The number of carboxylic acid groups (broad SMARTS) is 1. The van der Waals surface area contributed by atoms with Gasteiger partial charge >= 0.3 is 5.97 Å². The number of carbonyl (C=O) groups excluding carboxylic acids is 1. The number of carboxylic acids is 1. The summed E-state index contributed by atoms with van der Waals surface area (Å²) in [7, 11) is 0. The molecule has 3 atom stereocenters. The average Bonchev–Trinajstić information content (AvgIpc) is 2.38. The van der Waals surface area contributed by atoms with E-state index in [9.17, 15) is 9.59 Å². The van der Waals surface area contributed by atoms with Gasteiger partial charge in [-0.05, 0) is 25.8 Å². The number of amides is 1. The number of aliphatic carboxylic acids is 1. The molecule has 1 aromatic carbocycles. The highest BCUT2D eigenvalue weighted by molar-refractivity contribution is 5.82. The van der Waals surface area contributed by atoms with Crippen molar-refractivity contribution in [3.05, 3.63) is 35.9 Å². The molecule has 0 saturated heterocycles. The van der Waals surface area contributed by atoms with E-state index in [1.807, 2.05) is 30.3 Å². The molecule has 0 bridgehead atoms. The fourth-order valence-electron chi connectivity index (χ4n) is 1.63. The third-order valence-corrected chi connectivity index (χ3v) is 3.14. The summed E-state index contributed by atoms with van der Waals surface area (Å²) >= 11 is 0. The summed E-state index contributed by atoms with van der Waals surface area (Å²) < 4.78 is 0. The van der Waals surface area contributed by atoms with E-state index in [1.54, 1.807) is 13.8 Å². The Morgan fingerprint density at radius 1 is 1.26 bits per heavy atom. The lowest BCUT2D eigenvalue weighted by atomic mass is 10.0. The van der Waals surface area contributed by atoms with Gasteiger partial charge in [0.15, 0.2) is 0 Å². The molecule has 0 aromatic heterocycles. The molecule has 0 fully saturated rings. The highest BCUT2D eigenvalue weighted by atomic mass is 16.4. The lowest BCUT2D eigenvalue weighted by Gasteiger charge is -2.20. The van der Waals surface area contributed by atoms with E-state index in [2.05, 4.69) is 5.32 Å². The molecular formula is C14H20N2O3. The quantitative estimate of drug-likeness (QED) is 0.708. The van der Waals surface area contributed by atoms with Crippen LogP contribution in [0.2, 0.25) is 0 Å². The van der Waals surface area contributed by atoms with Crippen molar-refractivity contribution in [2.24, 2.45) is 11.7 Å². The van der Waals surface area contributed by atoms with Gasteiger partial charge in [-0.15, -0.1) is 0 Å². The Balaban J connectivity index is 2.51. The molecule has 0 aliphatic rings. The summed E-state index contributed by atoms with van der Waals surface area (Å²) in [6.07, 6.45) is 0.431. The number of nitrogens with two attached hydrogens (primary N) is 1. The predicted octanol–water partition coefficient (Wildman–Crippen LogP) is 0.782. The Labute approximate surface area is 112 Å². The van der Waals surface area contributed by atoms with Crippen molar-refractivity contribution in [2.45, 2.75) is 32.4 Å². The molecule has 5 nitrogen and oxygen atoms in total. The van der Waals surface area contributed by atoms with Crippen LogP contribution >= 0.6 is 0 Å². The normalized spacial score (nSPS) is 15.3. The van der Waals surface area contributed by atoms with Crippen LogP contribution in [0.15, 0.2) is 30.3 Å². The Kier molecular flexibility index (Phi) is 5.51. The van der Waals surface area contributed by atoms with E-state index in [1.165, 1.54) is 0 Å². The van der Waals surface area contributed by atoms with Crippen LogP contribution in [0.3, 0.4) is 0 Å². The van der Waals surface area contributed by atoms with Crippen LogP contribution in [-0.2, 0) is 16.0 Å². The summed E-state index contributed by atoms with van der Waals surface area (Å²) in [5.74, 6) is -1.92. The maximum Gasteiger partial charge on any atom is 0.308 e. The van der Waals surface area contributed by atoms with Crippen LogP contribution in [0.1, 0.15) is 19.4 Å². The maximum absolute atomic E-state index is 11.9. The minimum absolute atomic E-state index is 0.329. The molecule has 0 radical (unpaired) electrons. The van der Waals surface area contributed by atoms with E-state index in [-0.39, 0.29) is 5.91 Å². The van der Waals surface area contributed by atoms with Crippen LogP contribution in [0.4, 0.5) is 0 Å². The number of hydrogen-bond donors (Lipinski definition) is 3. The standard InChI is InChI=1S/C14H20N2O3/c1-9(14(18)19)10(2)16-13(17)12(15)8-11-6-4-3-5-7-11/h3-7,9-10,12H,8,15H2,1-2H3,(H,16,17)(H,18,19). The van der Waals surface area contributed by atoms with Crippen LogP contribution in [0.5, 0.6) is 0 Å². The summed E-state index contributed by atoms with van der Waals surface area (Å²) in [5.41, 5.74) is 6.79. The van der Waals surface area contributed by atoms with E-state index in [0.29, 0.717) is 6.42 Å². The Hall–Kier alpha value is -1.88. The fraction of sp³-hybridized carbons (Fsp3) is 0.429. The van der Waals surface area contributed by atoms with Crippen molar-refractivity contribution in [3.8, 4) is 0 Å². The lowest BCUT2D eigenvalue weighted by molar-refractivity contribution is -0.142. The fourth-order valence-corrected chi connectivity index (χ4v) is 1.63. The summed E-state index contributed by atoms with van der Waals surface area (Å²) in [4.78, 5) is 22.7. The van der Waals surface area contributed by atoms with Crippen molar-refractivity contribution in [1.82, 2.24) is 5.32 Å². The molecule has 19 heavy (non-hydrogen) atoms. The molecular weight excluding hydrogens is 244 g/mol.